The zero-order valence-electron chi connectivity index (χ0n) is 15.2. The molecule has 28 heavy (non-hydrogen) atoms. The Bertz CT molecular complexity index is 1010. The van der Waals surface area contributed by atoms with Crippen molar-refractivity contribution in [3.63, 3.8) is 0 Å². The van der Waals surface area contributed by atoms with Gasteiger partial charge in [-0.2, -0.15) is 0 Å². The molecule has 4 rings (SSSR count). The predicted octanol–water partition coefficient (Wildman–Crippen LogP) is 3.21. The molecule has 1 aliphatic heterocycles. The summed E-state index contributed by atoms with van der Waals surface area (Å²) in [6, 6.07) is 12.9. The first-order chi connectivity index (χ1) is 13.7. The van der Waals surface area contributed by atoms with Crippen LogP contribution in [0.15, 0.2) is 54.0 Å². The minimum absolute atomic E-state index is 0.0991. The van der Waals surface area contributed by atoms with Gasteiger partial charge >= 0.3 is 0 Å². The fraction of sp³-hybridized carbons (Fsp3) is 0.200. The highest BCUT2D eigenvalue weighted by Gasteiger charge is 2.36. The van der Waals surface area contributed by atoms with Gasteiger partial charge in [-0.1, -0.05) is 18.2 Å². The topological polar surface area (TPSA) is 84.4 Å². The van der Waals surface area contributed by atoms with E-state index >= 15 is 0 Å². The van der Waals surface area contributed by atoms with E-state index in [4.69, 9.17) is 4.74 Å². The van der Waals surface area contributed by atoms with Crippen LogP contribution < -0.4 is 15.0 Å². The Morgan fingerprint density at radius 3 is 2.82 bits per heavy atom. The van der Waals surface area contributed by atoms with Crippen LogP contribution >= 0.6 is 11.3 Å². The van der Waals surface area contributed by atoms with E-state index in [1.165, 1.54) is 11.3 Å². The molecule has 1 atom stereocenters. The van der Waals surface area contributed by atoms with Crippen molar-refractivity contribution in [2.24, 2.45) is 5.92 Å². The Kier molecular flexibility index (Phi) is 5.03. The fourth-order valence-corrected chi connectivity index (χ4v) is 3.85. The lowest BCUT2D eigenvalue weighted by Gasteiger charge is -2.19. The maximum Gasteiger partial charge on any atom is 0.231 e. The summed E-state index contributed by atoms with van der Waals surface area (Å²) in [7, 11) is 1.56. The van der Waals surface area contributed by atoms with Gasteiger partial charge in [-0.3, -0.25) is 14.6 Å². The van der Waals surface area contributed by atoms with Crippen LogP contribution in [0, 0.1) is 5.92 Å². The van der Waals surface area contributed by atoms with Crippen molar-refractivity contribution in [3.05, 3.63) is 54.0 Å². The molecule has 8 heteroatoms. The van der Waals surface area contributed by atoms with Gasteiger partial charge in [0.1, 0.15) is 11.4 Å². The van der Waals surface area contributed by atoms with Crippen LogP contribution in [-0.4, -0.2) is 35.4 Å². The second kappa shape index (κ2) is 7.77. The van der Waals surface area contributed by atoms with Crippen molar-refractivity contribution in [3.8, 4) is 17.1 Å². The largest absolute Gasteiger partial charge is 0.495 e. The van der Waals surface area contributed by atoms with Crippen LogP contribution in [0.5, 0.6) is 5.75 Å². The van der Waals surface area contributed by atoms with E-state index in [1.54, 1.807) is 24.3 Å². The molecule has 0 saturated carbocycles. The molecule has 3 aromatic rings. The number of rotatable bonds is 5. The number of benzene rings is 1. The van der Waals surface area contributed by atoms with E-state index in [-0.39, 0.29) is 18.2 Å². The zero-order valence-corrected chi connectivity index (χ0v) is 16.0. The predicted molar refractivity (Wildman–Crippen MR) is 107 cm³/mol. The fourth-order valence-electron chi connectivity index (χ4n) is 3.14. The van der Waals surface area contributed by atoms with Gasteiger partial charge < -0.3 is 15.0 Å². The molecular formula is C20H18N4O3S. The monoisotopic (exact) mass is 394 g/mol. The van der Waals surface area contributed by atoms with E-state index in [0.717, 1.165) is 5.69 Å². The Labute approximate surface area is 166 Å². The number of pyridine rings is 1. The van der Waals surface area contributed by atoms with Gasteiger partial charge in [-0.05, 0) is 24.3 Å². The molecule has 0 aliphatic carbocycles. The first-order valence-electron chi connectivity index (χ1n) is 8.77. The highest BCUT2D eigenvalue weighted by Crippen LogP contribution is 2.33. The minimum Gasteiger partial charge on any atom is -0.495 e. The lowest BCUT2D eigenvalue weighted by molar-refractivity contribution is -0.122. The van der Waals surface area contributed by atoms with E-state index in [9.17, 15) is 9.59 Å². The number of carbonyl (C=O) groups excluding carboxylic acids is 2. The van der Waals surface area contributed by atoms with Crippen LogP contribution in [0.1, 0.15) is 6.42 Å². The Morgan fingerprint density at radius 1 is 1.21 bits per heavy atom. The van der Waals surface area contributed by atoms with Crippen molar-refractivity contribution in [2.75, 3.05) is 23.9 Å². The van der Waals surface area contributed by atoms with Crippen LogP contribution in [0.3, 0.4) is 0 Å². The second-order valence-electron chi connectivity index (χ2n) is 6.32. The number of aromatic nitrogens is 2. The van der Waals surface area contributed by atoms with E-state index < -0.39 is 5.92 Å². The number of nitrogens with one attached hydrogen (secondary N) is 1. The highest BCUT2D eigenvalue weighted by molar-refractivity contribution is 7.14. The van der Waals surface area contributed by atoms with Crippen molar-refractivity contribution >= 4 is 34.0 Å². The summed E-state index contributed by atoms with van der Waals surface area (Å²) in [5.74, 6) is -0.151. The van der Waals surface area contributed by atoms with E-state index in [1.807, 2.05) is 41.8 Å². The normalized spacial score (nSPS) is 16.2. The van der Waals surface area contributed by atoms with Gasteiger partial charge in [0.05, 0.1) is 24.4 Å². The Hall–Kier alpha value is -3.26. The summed E-state index contributed by atoms with van der Waals surface area (Å²) < 4.78 is 5.33. The maximum atomic E-state index is 12.7. The first-order valence-corrected chi connectivity index (χ1v) is 9.65. The Balaban J connectivity index is 1.45. The third-order valence-corrected chi connectivity index (χ3v) is 5.29. The molecule has 7 nitrogen and oxygen atoms in total. The minimum atomic E-state index is -0.445. The molecule has 0 spiro atoms. The van der Waals surface area contributed by atoms with Gasteiger partial charge in [-0.25, -0.2) is 4.98 Å². The first kappa shape index (κ1) is 18.1. The summed E-state index contributed by atoms with van der Waals surface area (Å²) >= 11 is 1.33. The van der Waals surface area contributed by atoms with Crippen LogP contribution in [0.25, 0.3) is 11.4 Å². The third kappa shape index (κ3) is 3.59. The molecule has 1 fully saturated rings. The average molecular weight is 394 g/mol. The second-order valence-corrected chi connectivity index (χ2v) is 7.18. The highest BCUT2D eigenvalue weighted by atomic mass is 32.1. The van der Waals surface area contributed by atoms with Crippen LogP contribution in [0.4, 0.5) is 10.8 Å². The number of carbonyl (C=O) groups is 2. The quantitative estimate of drug-likeness (QED) is 0.718. The molecule has 142 valence electrons. The molecule has 0 unspecified atom stereocenters. The Morgan fingerprint density at radius 2 is 2.04 bits per heavy atom. The number of methoxy groups -OCH3 is 1. The number of nitrogens with zero attached hydrogens (tertiary/aromatic N) is 3. The lowest BCUT2D eigenvalue weighted by Crippen LogP contribution is -2.28. The number of amides is 2. The van der Waals surface area contributed by atoms with Crippen molar-refractivity contribution in [1.29, 1.82) is 0 Å². The van der Waals surface area contributed by atoms with Gasteiger partial charge in [0.15, 0.2) is 5.13 Å². The molecule has 2 amide bonds. The summed E-state index contributed by atoms with van der Waals surface area (Å²) in [6.45, 7) is 0.309. The molecule has 1 N–H and O–H groups in total. The third-order valence-electron chi connectivity index (χ3n) is 4.53. The molecule has 0 bridgehead atoms. The number of anilines is 2. The lowest BCUT2D eigenvalue weighted by atomic mass is 10.1. The molecule has 1 aliphatic rings. The standard InChI is InChI=1S/C20H18N4O3S/c1-27-17-8-3-2-7-16(17)24-11-13(10-18(24)25)19(26)23-20-22-15(12-28-20)14-6-4-5-9-21-14/h2-9,12-13H,10-11H2,1H3,(H,22,23,26)/t13-/m1/s1. The molecular weight excluding hydrogens is 376 g/mol. The number of thiazole rings is 1. The van der Waals surface area contributed by atoms with Crippen LogP contribution in [-0.2, 0) is 9.59 Å². The molecule has 3 heterocycles. The molecule has 2 aromatic heterocycles. The van der Waals surface area contributed by atoms with E-state index in [2.05, 4.69) is 15.3 Å². The molecule has 1 saturated heterocycles. The smallest absolute Gasteiger partial charge is 0.231 e. The van der Waals surface area contributed by atoms with Gasteiger partial charge in [0.25, 0.3) is 0 Å². The number of ether oxygens (including phenoxy) is 1. The number of hydrogen-bond acceptors (Lipinski definition) is 6. The average Bonchev–Trinajstić information content (AvgIpc) is 3.35. The van der Waals surface area contributed by atoms with Crippen molar-refractivity contribution in [1.82, 2.24) is 9.97 Å². The summed E-state index contributed by atoms with van der Waals surface area (Å²) in [5, 5.41) is 5.17. The molecule has 0 radical (unpaired) electrons. The van der Waals surface area contributed by atoms with Crippen molar-refractivity contribution < 1.29 is 14.3 Å². The SMILES string of the molecule is COc1ccccc1N1C[C@H](C(=O)Nc2nc(-c3ccccn3)cs2)CC1=O. The van der Waals surface area contributed by atoms with Crippen molar-refractivity contribution in [2.45, 2.75) is 6.42 Å². The van der Waals surface area contributed by atoms with Gasteiger partial charge in [-0.15, -0.1) is 11.3 Å². The van der Waals surface area contributed by atoms with E-state index in [0.29, 0.717) is 28.8 Å². The van der Waals surface area contributed by atoms with Gasteiger partial charge in [0.2, 0.25) is 11.8 Å². The maximum absolute atomic E-state index is 12.7. The van der Waals surface area contributed by atoms with Gasteiger partial charge in [0, 0.05) is 24.5 Å². The number of para-hydroxylation sites is 2. The summed E-state index contributed by atoms with van der Waals surface area (Å²) in [6.07, 6.45) is 1.85. The summed E-state index contributed by atoms with van der Waals surface area (Å²) in [5.41, 5.74) is 2.13. The molecule has 1 aromatic carbocycles. The summed E-state index contributed by atoms with van der Waals surface area (Å²) in [4.78, 5) is 35.4. The zero-order chi connectivity index (χ0) is 19.5. The van der Waals surface area contributed by atoms with Crippen LogP contribution in [0.2, 0.25) is 0 Å². The number of hydrogen-bond donors (Lipinski definition) is 1.